The first-order valence-electron chi connectivity index (χ1n) is 5.46. The summed E-state index contributed by atoms with van der Waals surface area (Å²) in [5.41, 5.74) is 8.38. The lowest BCUT2D eigenvalue weighted by atomic mass is 9.81. The maximum absolute atomic E-state index is 6.21. The largest absolute Gasteiger partial charge is 0.330 e. The second kappa shape index (κ2) is 5.00. The Bertz CT molecular complexity index is 329. The summed E-state index contributed by atoms with van der Waals surface area (Å²) in [6.07, 6.45) is 2.03. The van der Waals surface area contributed by atoms with Crippen molar-refractivity contribution in [1.29, 1.82) is 0 Å². The summed E-state index contributed by atoms with van der Waals surface area (Å²) in [6, 6.07) is 6.23. The van der Waals surface area contributed by atoms with E-state index in [2.05, 4.69) is 32.9 Å². The fraction of sp³-hybridized carbons (Fsp3) is 0.538. The number of hydrogen-bond acceptors (Lipinski definition) is 1. The maximum atomic E-state index is 6.21. The maximum Gasteiger partial charge on any atom is 0.0440 e. The van der Waals surface area contributed by atoms with Crippen molar-refractivity contribution in [2.45, 2.75) is 33.6 Å². The molecule has 0 saturated carbocycles. The Labute approximate surface area is 97.6 Å². The van der Waals surface area contributed by atoms with Gasteiger partial charge in [-0.15, -0.1) is 0 Å². The van der Waals surface area contributed by atoms with E-state index < -0.39 is 0 Å². The second-order valence-corrected chi connectivity index (χ2v) is 5.05. The highest BCUT2D eigenvalue weighted by atomic mass is 35.5. The van der Waals surface area contributed by atoms with Gasteiger partial charge in [0.2, 0.25) is 0 Å². The van der Waals surface area contributed by atoms with Crippen LogP contribution in [0.15, 0.2) is 18.2 Å². The number of halogens is 1. The Balaban J connectivity index is 2.89. The van der Waals surface area contributed by atoms with Crippen LogP contribution >= 0.6 is 11.6 Å². The Hall–Kier alpha value is -0.530. The SMILES string of the molecule is CCC(C)(CN)Cc1ccc(C)cc1Cl. The van der Waals surface area contributed by atoms with Crippen molar-refractivity contribution < 1.29 is 0 Å². The van der Waals surface area contributed by atoms with Gasteiger partial charge in [-0.1, -0.05) is 37.6 Å². The van der Waals surface area contributed by atoms with Crippen LogP contribution in [0.2, 0.25) is 5.02 Å². The van der Waals surface area contributed by atoms with Gasteiger partial charge in [0.05, 0.1) is 0 Å². The summed E-state index contributed by atoms with van der Waals surface area (Å²) in [5, 5.41) is 0.864. The van der Waals surface area contributed by atoms with Gasteiger partial charge < -0.3 is 5.73 Å². The molecule has 1 aromatic rings. The van der Waals surface area contributed by atoms with E-state index in [1.54, 1.807) is 0 Å². The van der Waals surface area contributed by atoms with E-state index in [1.807, 2.05) is 6.07 Å². The molecule has 0 spiro atoms. The standard InChI is InChI=1S/C13H20ClN/c1-4-13(3,9-15)8-11-6-5-10(2)7-12(11)14/h5-7H,4,8-9,15H2,1-3H3. The van der Waals surface area contributed by atoms with Crippen molar-refractivity contribution in [2.24, 2.45) is 11.1 Å². The van der Waals surface area contributed by atoms with Crippen LogP contribution < -0.4 is 5.73 Å². The van der Waals surface area contributed by atoms with E-state index >= 15 is 0 Å². The van der Waals surface area contributed by atoms with Crippen molar-refractivity contribution >= 4 is 11.6 Å². The molecule has 1 nitrogen and oxygen atoms in total. The molecule has 0 bridgehead atoms. The summed E-state index contributed by atoms with van der Waals surface area (Å²) in [5.74, 6) is 0. The van der Waals surface area contributed by atoms with Gasteiger partial charge in [-0.05, 0) is 48.9 Å². The highest BCUT2D eigenvalue weighted by Crippen LogP contribution is 2.29. The summed E-state index contributed by atoms with van der Waals surface area (Å²) in [7, 11) is 0. The number of hydrogen-bond donors (Lipinski definition) is 1. The lowest BCUT2D eigenvalue weighted by Gasteiger charge is -2.26. The van der Waals surface area contributed by atoms with Crippen LogP contribution in [0.3, 0.4) is 0 Å². The molecule has 2 N–H and O–H groups in total. The molecular formula is C13H20ClN. The molecule has 0 heterocycles. The van der Waals surface area contributed by atoms with Crippen LogP contribution in [-0.4, -0.2) is 6.54 Å². The molecule has 0 aliphatic rings. The van der Waals surface area contributed by atoms with Gasteiger partial charge >= 0.3 is 0 Å². The third-order valence-electron chi connectivity index (χ3n) is 3.17. The fourth-order valence-corrected chi connectivity index (χ4v) is 1.90. The predicted octanol–water partition coefficient (Wildman–Crippen LogP) is 3.57. The molecule has 0 amide bonds. The third-order valence-corrected chi connectivity index (χ3v) is 3.52. The second-order valence-electron chi connectivity index (χ2n) is 4.64. The van der Waals surface area contributed by atoms with Gasteiger partial charge in [-0.2, -0.15) is 0 Å². The fourth-order valence-electron chi connectivity index (χ4n) is 1.60. The summed E-state index contributed by atoms with van der Waals surface area (Å²) >= 11 is 6.21. The molecule has 15 heavy (non-hydrogen) atoms. The molecular weight excluding hydrogens is 206 g/mol. The Morgan fingerprint density at radius 2 is 2.07 bits per heavy atom. The minimum atomic E-state index is 0.166. The van der Waals surface area contributed by atoms with Gasteiger partial charge in [0.1, 0.15) is 0 Å². The first-order chi connectivity index (χ1) is 7.00. The highest BCUT2D eigenvalue weighted by molar-refractivity contribution is 6.31. The summed E-state index contributed by atoms with van der Waals surface area (Å²) in [6.45, 7) is 7.14. The summed E-state index contributed by atoms with van der Waals surface area (Å²) < 4.78 is 0. The van der Waals surface area contributed by atoms with Gasteiger partial charge in [0.15, 0.2) is 0 Å². The molecule has 1 aromatic carbocycles. The minimum absolute atomic E-state index is 0.166. The predicted molar refractivity (Wildman–Crippen MR) is 67.3 cm³/mol. The smallest absolute Gasteiger partial charge is 0.0440 e. The molecule has 1 unspecified atom stereocenters. The van der Waals surface area contributed by atoms with Crippen molar-refractivity contribution in [1.82, 2.24) is 0 Å². The first kappa shape index (κ1) is 12.5. The molecule has 1 atom stereocenters. The van der Waals surface area contributed by atoms with E-state index in [0.717, 1.165) is 17.9 Å². The van der Waals surface area contributed by atoms with Gasteiger partial charge in [0, 0.05) is 5.02 Å². The molecule has 84 valence electrons. The Morgan fingerprint density at radius 3 is 2.53 bits per heavy atom. The molecule has 0 saturated heterocycles. The van der Waals surface area contributed by atoms with Crippen LogP contribution in [0.5, 0.6) is 0 Å². The highest BCUT2D eigenvalue weighted by Gasteiger charge is 2.21. The average molecular weight is 226 g/mol. The topological polar surface area (TPSA) is 26.0 Å². The zero-order chi connectivity index (χ0) is 11.5. The van der Waals surface area contributed by atoms with E-state index in [4.69, 9.17) is 17.3 Å². The van der Waals surface area contributed by atoms with Gasteiger partial charge in [0.25, 0.3) is 0 Å². The lowest BCUT2D eigenvalue weighted by Crippen LogP contribution is -2.28. The van der Waals surface area contributed by atoms with Crippen molar-refractivity contribution in [3.05, 3.63) is 34.3 Å². The lowest BCUT2D eigenvalue weighted by molar-refractivity contribution is 0.320. The van der Waals surface area contributed by atoms with Crippen LogP contribution in [-0.2, 0) is 6.42 Å². The molecule has 0 aliphatic heterocycles. The van der Waals surface area contributed by atoms with Gasteiger partial charge in [-0.25, -0.2) is 0 Å². The number of benzene rings is 1. The van der Waals surface area contributed by atoms with Crippen LogP contribution in [0, 0.1) is 12.3 Å². The molecule has 2 heteroatoms. The molecule has 0 fully saturated rings. The Morgan fingerprint density at radius 1 is 1.40 bits per heavy atom. The Kier molecular flexibility index (Phi) is 4.18. The molecule has 0 aromatic heterocycles. The normalized spacial score (nSPS) is 15.0. The monoisotopic (exact) mass is 225 g/mol. The van der Waals surface area contributed by atoms with Crippen LogP contribution in [0.4, 0.5) is 0 Å². The van der Waals surface area contributed by atoms with E-state index in [1.165, 1.54) is 11.1 Å². The zero-order valence-corrected chi connectivity index (χ0v) is 10.6. The van der Waals surface area contributed by atoms with Crippen molar-refractivity contribution in [3.8, 4) is 0 Å². The van der Waals surface area contributed by atoms with Crippen LogP contribution in [0.1, 0.15) is 31.4 Å². The minimum Gasteiger partial charge on any atom is -0.330 e. The number of nitrogens with two attached hydrogens (primary N) is 1. The third kappa shape index (κ3) is 3.22. The zero-order valence-electron chi connectivity index (χ0n) is 9.81. The first-order valence-corrected chi connectivity index (χ1v) is 5.83. The van der Waals surface area contributed by atoms with E-state index in [-0.39, 0.29) is 5.41 Å². The molecule has 0 aliphatic carbocycles. The van der Waals surface area contributed by atoms with Crippen LogP contribution in [0.25, 0.3) is 0 Å². The van der Waals surface area contributed by atoms with Crippen molar-refractivity contribution in [2.75, 3.05) is 6.54 Å². The van der Waals surface area contributed by atoms with Gasteiger partial charge in [-0.3, -0.25) is 0 Å². The van der Waals surface area contributed by atoms with Crippen molar-refractivity contribution in [3.63, 3.8) is 0 Å². The van der Waals surface area contributed by atoms with E-state index in [9.17, 15) is 0 Å². The van der Waals surface area contributed by atoms with E-state index in [0.29, 0.717) is 6.54 Å². The summed E-state index contributed by atoms with van der Waals surface area (Å²) in [4.78, 5) is 0. The molecule has 1 rings (SSSR count). The average Bonchev–Trinajstić information content (AvgIpc) is 2.22. The molecule has 0 radical (unpaired) electrons. The number of rotatable bonds is 4. The quantitative estimate of drug-likeness (QED) is 0.833. The number of aryl methyl sites for hydroxylation is 1.